The van der Waals surface area contributed by atoms with Gasteiger partial charge in [0.2, 0.25) is 15.9 Å². The fourth-order valence-corrected chi connectivity index (χ4v) is 4.05. The smallest absolute Gasteiger partial charge is 0.224 e. The van der Waals surface area contributed by atoms with Gasteiger partial charge in [0.15, 0.2) is 0 Å². The first kappa shape index (κ1) is 21.9. The Morgan fingerprint density at radius 2 is 1.84 bits per heavy atom. The third-order valence-corrected chi connectivity index (χ3v) is 6.58. The minimum atomic E-state index is -3.14. The van der Waals surface area contributed by atoms with Crippen LogP contribution in [0.3, 0.4) is 0 Å². The molecule has 2 atom stereocenters. The molecule has 1 aliphatic rings. The zero-order valence-corrected chi connectivity index (χ0v) is 16.4. The van der Waals surface area contributed by atoms with Gasteiger partial charge < -0.3 is 11.1 Å². The summed E-state index contributed by atoms with van der Waals surface area (Å²) >= 11 is 0. The van der Waals surface area contributed by atoms with E-state index in [4.69, 9.17) is 5.73 Å². The summed E-state index contributed by atoms with van der Waals surface area (Å²) in [5.41, 5.74) is 7.13. The number of nitrogens with one attached hydrogen (secondary N) is 1. The first-order chi connectivity index (χ1) is 11.3. The van der Waals surface area contributed by atoms with Gasteiger partial charge in [0, 0.05) is 25.2 Å². The van der Waals surface area contributed by atoms with Crippen LogP contribution in [0.4, 0.5) is 0 Å². The van der Waals surface area contributed by atoms with Crippen LogP contribution in [-0.4, -0.2) is 43.5 Å². The number of piperidine rings is 1. The Bertz CT molecular complexity index is 646. The summed E-state index contributed by atoms with van der Waals surface area (Å²) in [7, 11) is -3.14. The van der Waals surface area contributed by atoms with Gasteiger partial charge in [-0.1, -0.05) is 37.3 Å². The first-order valence-electron chi connectivity index (χ1n) is 8.44. The SMILES string of the molecule is CCS(=O)(=O)N1CCC(NC(=O)C(C)C(N)c2ccccc2)CC1.Cl. The Kier molecular flexibility index (Phi) is 8.34. The van der Waals surface area contributed by atoms with Crippen molar-refractivity contribution in [1.29, 1.82) is 0 Å². The molecule has 1 aromatic rings. The Hall–Kier alpha value is -1.15. The molecule has 3 N–H and O–H groups in total. The van der Waals surface area contributed by atoms with E-state index < -0.39 is 10.0 Å². The van der Waals surface area contributed by atoms with Crippen molar-refractivity contribution in [1.82, 2.24) is 9.62 Å². The summed E-state index contributed by atoms with van der Waals surface area (Å²) in [6.45, 7) is 4.39. The van der Waals surface area contributed by atoms with E-state index in [9.17, 15) is 13.2 Å². The maximum Gasteiger partial charge on any atom is 0.224 e. The number of amides is 1. The number of halogens is 1. The predicted octanol–water partition coefficient (Wildman–Crippen LogP) is 1.67. The summed E-state index contributed by atoms with van der Waals surface area (Å²) in [5.74, 6) is -0.305. The largest absolute Gasteiger partial charge is 0.353 e. The minimum Gasteiger partial charge on any atom is -0.353 e. The van der Waals surface area contributed by atoms with E-state index in [-0.39, 0.29) is 42.1 Å². The molecule has 6 nitrogen and oxygen atoms in total. The molecule has 1 aliphatic heterocycles. The quantitative estimate of drug-likeness (QED) is 0.774. The molecule has 0 spiro atoms. The highest BCUT2D eigenvalue weighted by atomic mass is 35.5. The van der Waals surface area contributed by atoms with E-state index >= 15 is 0 Å². The van der Waals surface area contributed by atoms with E-state index in [0.717, 1.165) is 5.56 Å². The molecule has 1 amide bonds. The van der Waals surface area contributed by atoms with Gasteiger partial charge >= 0.3 is 0 Å². The first-order valence-corrected chi connectivity index (χ1v) is 10.0. The molecule has 0 bridgehead atoms. The van der Waals surface area contributed by atoms with Crippen LogP contribution in [0.5, 0.6) is 0 Å². The summed E-state index contributed by atoms with van der Waals surface area (Å²) in [4.78, 5) is 12.4. The Morgan fingerprint density at radius 1 is 1.28 bits per heavy atom. The van der Waals surface area contributed by atoms with Crippen LogP contribution in [0.25, 0.3) is 0 Å². The number of sulfonamides is 1. The third kappa shape index (κ3) is 5.67. The van der Waals surface area contributed by atoms with Crippen LogP contribution in [0.2, 0.25) is 0 Å². The standard InChI is InChI=1S/C17H27N3O3S.ClH/c1-3-24(22,23)20-11-9-15(10-12-20)19-17(21)13(2)16(18)14-7-5-4-6-8-14;/h4-8,13,15-16H,3,9-12,18H2,1-2H3,(H,19,21);1H. The molecule has 2 unspecified atom stereocenters. The lowest BCUT2D eigenvalue weighted by atomic mass is 9.94. The van der Waals surface area contributed by atoms with Gasteiger partial charge in [-0.3, -0.25) is 4.79 Å². The highest BCUT2D eigenvalue weighted by Crippen LogP contribution is 2.20. The van der Waals surface area contributed by atoms with E-state index in [1.54, 1.807) is 6.92 Å². The van der Waals surface area contributed by atoms with E-state index in [0.29, 0.717) is 25.9 Å². The third-order valence-electron chi connectivity index (χ3n) is 4.70. The van der Waals surface area contributed by atoms with Crippen LogP contribution in [0.15, 0.2) is 30.3 Å². The summed E-state index contributed by atoms with van der Waals surface area (Å²) in [5, 5.41) is 3.02. The number of hydrogen-bond acceptors (Lipinski definition) is 4. The molecule has 142 valence electrons. The van der Waals surface area contributed by atoms with Crippen molar-refractivity contribution in [3.05, 3.63) is 35.9 Å². The van der Waals surface area contributed by atoms with Crippen LogP contribution in [0, 0.1) is 5.92 Å². The van der Waals surface area contributed by atoms with E-state index in [1.165, 1.54) is 4.31 Å². The van der Waals surface area contributed by atoms with Gasteiger partial charge in [0.1, 0.15) is 0 Å². The number of hydrogen-bond donors (Lipinski definition) is 2. The molecular formula is C17H28ClN3O3S. The molecule has 0 aromatic heterocycles. The monoisotopic (exact) mass is 389 g/mol. The van der Waals surface area contributed by atoms with Crippen LogP contribution in [0.1, 0.15) is 38.3 Å². The highest BCUT2D eigenvalue weighted by molar-refractivity contribution is 7.89. The van der Waals surface area contributed by atoms with Crippen molar-refractivity contribution in [3.8, 4) is 0 Å². The zero-order valence-electron chi connectivity index (χ0n) is 14.7. The lowest BCUT2D eigenvalue weighted by molar-refractivity contribution is -0.126. The number of nitrogens with zero attached hydrogens (tertiary/aromatic N) is 1. The molecule has 1 aromatic carbocycles. The topological polar surface area (TPSA) is 92.5 Å². The summed E-state index contributed by atoms with van der Waals surface area (Å²) in [6, 6.07) is 9.22. The molecule has 0 saturated carbocycles. The minimum absolute atomic E-state index is 0. The molecular weight excluding hydrogens is 362 g/mol. The Labute approximate surface area is 156 Å². The van der Waals surface area contributed by atoms with Crippen molar-refractivity contribution in [3.63, 3.8) is 0 Å². The summed E-state index contributed by atoms with van der Waals surface area (Å²) in [6.07, 6.45) is 1.27. The van der Waals surface area contributed by atoms with E-state index in [1.807, 2.05) is 37.3 Å². The van der Waals surface area contributed by atoms with Gasteiger partial charge in [-0.05, 0) is 25.3 Å². The van der Waals surface area contributed by atoms with Gasteiger partial charge in [0.05, 0.1) is 11.7 Å². The van der Waals surface area contributed by atoms with Gasteiger partial charge in [-0.15, -0.1) is 12.4 Å². The van der Waals surface area contributed by atoms with Crippen LogP contribution in [-0.2, 0) is 14.8 Å². The van der Waals surface area contributed by atoms with Crippen LogP contribution < -0.4 is 11.1 Å². The fourth-order valence-electron chi connectivity index (χ4n) is 2.92. The highest BCUT2D eigenvalue weighted by Gasteiger charge is 2.29. The molecule has 2 rings (SSSR count). The van der Waals surface area contributed by atoms with Gasteiger partial charge in [0.25, 0.3) is 0 Å². The number of carbonyl (C=O) groups is 1. The molecule has 1 fully saturated rings. The molecule has 8 heteroatoms. The second-order valence-corrected chi connectivity index (χ2v) is 8.57. The average molecular weight is 390 g/mol. The van der Waals surface area contributed by atoms with Crippen molar-refractivity contribution in [2.24, 2.45) is 11.7 Å². The fraction of sp³-hybridized carbons (Fsp3) is 0.588. The lowest BCUT2D eigenvalue weighted by Crippen LogP contribution is -2.48. The zero-order chi connectivity index (χ0) is 17.7. The van der Waals surface area contributed by atoms with Crippen molar-refractivity contribution >= 4 is 28.3 Å². The van der Waals surface area contributed by atoms with Crippen LogP contribution >= 0.6 is 12.4 Å². The van der Waals surface area contributed by atoms with Crippen molar-refractivity contribution < 1.29 is 13.2 Å². The number of rotatable bonds is 6. The second-order valence-electron chi connectivity index (χ2n) is 6.31. The molecule has 0 aliphatic carbocycles. The van der Waals surface area contributed by atoms with Gasteiger partial charge in [-0.25, -0.2) is 12.7 Å². The molecule has 1 heterocycles. The van der Waals surface area contributed by atoms with Gasteiger partial charge in [-0.2, -0.15) is 0 Å². The number of benzene rings is 1. The maximum absolute atomic E-state index is 12.4. The predicted molar refractivity (Wildman–Crippen MR) is 102 cm³/mol. The average Bonchev–Trinajstić information content (AvgIpc) is 2.61. The molecule has 25 heavy (non-hydrogen) atoms. The summed E-state index contributed by atoms with van der Waals surface area (Å²) < 4.78 is 25.2. The van der Waals surface area contributed by atoms with E-state index in [2.05, 4.69) is 5.32 Å². The van der Waals surface area contributed by atoms with Crippen molar-refractivity contribution in [2.45, 2.75) is 38.8 Å². The number of nitrogens with two attached hydrogens (primary N) is 1. The lowest BCUT2D eigenvalue weighted by Gasteiger charge is -2.32. The Balaban J connectivity index is 0.00000312. The normalized spacial score (nSPS) is 18.8. The molecule has 1 saturated heterocycles. The number of carbonyl (C=O) groups excluding carboxylic acids is 1. The second kappa shape index (κ2) is 9.52. The Morgan fingerprint density at radius 3 is 2.36 bits per heavy atom. The van der Waals surface area contributed by atoms with Crippen molar-refractivity contribution in [2.75, 3.05) is 18.8 Å². The maximum atomic E-state index is 12.4. The molecule has 0 radical (unpaired) electrons.